The molecule has 0 saturated carbocycles. The zero-order valence-electron chi connectivity index (χ0n) is 10.1. The molecule has 2 unspecified atom stereocenters. The van der Waals surface area contributed by atoms with Crippen molar-refractivity contribution in [1.82, 2.24) is 9.55 Å². The Bertz CT molecular complexity index is 502. The molecule has 2 aliphatic rings. The topological polar surface area (TPSA) is 71.8 Å². The molecule has 0 radical (unpaired) electrons. The predicted molar refractivity (Wildman–Crippen MR) is 59.5 cm³/mol. The van der Waals surface area contributed by atoms with E-state index in [2.05, 4.69) is 4.98 Å². The number of methoxy groups -OCH3 is 2. The molecule has 0 bridgehead atoms. The molecule has 98 valence electrons. The lowest BCUT2D eigenvalue weighted by molar-refractivity contribution is -0.0614. The summed E-state index contributed by atoms with van der Waals surface area (Å²) < 4.78 is 23.7. The third-order valence-corrected chi connectivity index (χ3v) is 3.21. The standard InChI is InChI=1S/C11H14N2O5/c1-15-5-6-8(16-2)9-10(17-6)13-4-3-7(14)12-11(13)18-9/h3-4,6,8-10H,5H2,1-2H3/t6-,8?,9?,10+/m1/s1. The molecule has 0 N–H and O–H groups in total. The summed E-state index contributed by atoms with van der Waals surface area (Å²) in [6, 6.07) is 1.65. The van der Waals surface area contributed by atoms with E-state index in [1.807, 2.05) is 0 Å². The monoisotopic (exact) mass is 254 g/mol. The quantitative estimate of drug-likeness (QED) is 0.728. The number of rotatable bonds is 3. The Hall–Kier alpha value is -1.44. The van der Waals surface area contributed by atoms with Crippen LogP contribution in [0.2, 0.25) is 0 Å². The molecule has 1 fully saturated rings. The summed E-state index contributed by atoms with van der Waals surface area (Å²) in [5.41, 5.74) is -0.330. The van der Waals surface area contributed by atoms with Gasteiger partial charge in [0.05, 0.1) is 6.61 Å². The van der Waals surface area contributed by atoms with Crippen LogP contribution in [0.4, 0.5) is 0 Å². The number of ether oxygens (including phenoxy) is 4. The molecule has 7 nitrogen and oxygen atoms in total. The van der Waals surface area contributed by atoms with E-state index in [0.717, 1.165) is 0 Å². The molecule has 1 aromatic heterocycles. The summed E-state index contributed by atoms with van der Waals surface area (Å²) >= 11 is 0. The van der Waals surface area contributed by atoms with Crippen LogP contribution in [-0.2, 0) is 14.2 Å². The van der Waals surface area contributed by atoms with Gasteiger partial charge in [-0.15, -0.1) is 0 Å². The Labute approximate surface area is 103 Å². The fourth-order valence-electron chi connectivity index (χ4n) is 2.44. The first-order valence-corrected chi connectivity index (χ1v) is 5.67. The fraction of sp³-hybridized carbons (Fsp3) is 0.636. The van der Waals surface area contributed by atoms with Crippen LogP contribution in [0.15, 0.2) is 17.1 Å². The van der Waals surface area contributed by atoms with Crippen LogP contribution in [0.5, 0.6) is 6.01 Å². The molecule has 3 rings (SSSR count). The Balaban J connectivity index is 1.91. The first-order valence-electron chi connectivity index (χ1n) is 5.67. The van der Waals surface area contributed by atoms with Gasteiger partial charge in [0.2, 0.25) is 0 Å². The molecule has 18 heavy (non-hydrogen) atoms. The molecular weight excluding hydrogens is 240 g/mol. The summed E-state index contributed by atoms with van der Waals surface area (Å²) in [5, 5.41) is 0. The zero-order chi connectivity index (χ0) is 12.7. The maximum absolute atomic E-state index is 11.2. The van der Waals surface area contributed by atoms with Gasteiger partial charge in [-0.25, -0.2) is 0 Å². The minimum atomic E-state index is -0.330. The third-order valence-electron chi connectivity index (χ3n) is 3.21. The number of hydrogen-bond acceptors (Lipinski definition) is 6. The van der Waals surface area contributed by atoms with Crippen molar-refractivity contribution in [3.63, 3.8) is 0 Å². The lowest BCUT2D eigenvalue weighted by atomic mass is 10.1. The highest BCUT2D eigenvalue weighted by molar-refractivity contribution is 5.11. The van der Waals surface area contributed by atoms with E-state index >= 15 is 0 Å². The van der Waals surface area contributed by atoms with E-state index in [4.69, 9.17) is 18.9 Å². The van der Waals surface area contributed by atoms with Crippen LogP contribution in [0, 0.1) is 0 Å². The second kappa shape index (κ2) is 4.34. The highest BCUT2D eigenvalue weighted by Gasteiger charge is 2.52. The van der Waals surface area contributed by atoms with Gasteiger partial charge in [-0.1, -0.05) is 0 Å². The first-order chi connectivity index (χ1) is 8.74. The maximum Gasteiger partial charge on any atom is 0.302 e. The summed E-state index contributed by atoms with van der Waals surface area (Å²) in [6.07, 6.45) is 0.564. The molecule has 4 atom stereocenters. The van der Waals surface area contributed by atoms with Gasteiger partial charge in [0.15, 0.2) is 12.3 Å². The second-order valence-electron chi connectivity index (χ2n) is 4.26. The average Bonchev–Trinajstić information content (AvgIpc) is 2.84. The first kappa shape index (κ1) is 11.6. The Morgan fingerprint density at radius 2 is 2.33 bits per heavy atom. The van der Waals surface area contributed by atoms with Crippen LogP contribution in [-0.4, -0.2) is 48.7 Å². The van der Waals surface area contributed by atoms with Crippen molar-refractivity contribution in [2.24, 2.45) is 0 Å². The largest absolute Gasteiger partial charge is 0.453 e. The van der Waals surface area contributed by atoms with Crippen molar-refractivity contribution < 1.29 is 18.9 Å². The summed E-state index contributed by atoms with van der Waals surface area (Å²) in [7, 11) is 3.21. The SMILES string of the molecule is COC[C@H]1O[C@H]2C(Oc3nc(=O)ccn32)C1OC. The number of hydrogen-bond donors (Lipinski definition) is 0. The van der Waals surface area contributed by atoms with E-state index < -0.39 is 0 Å². The molecular formula is C11H14N2O5. The molecule has 1 saturated heterocycles. The average molecular weight is 254 g/mol. The zero-order valence-corrected chi connectivity index (χ0v) is 10.1. The van der Waals surface area contributed by atoms with Gasteiger partial charge >= 0.3 is 6.01 Å². The number of fused-ring (bicyclic) bond motifs is 3. The van der Waals surface area contributed by atoms with Crippen LogP contribution in [0.1, 0.15) is 6.23 Å². The molecule has 3 heterocycles. The van der Waals surface area contributed by atoms with Crippen LogP contribution in [0.3, 0.4) is 0 Å². The van der Waals surface area contributed by atoms with Crippen molar-refractivity contribution in [3.05, 3.63) is 22.6 Å². The lowest BCUT2D eigenvalue weighted by Crippen LogP contribution is -2.37. The summed E-state index contributed by atoms with van der Waals surface area (Å²) in [6.45, 7) is 0.428. The van der Waals surface area contributed by atoms with Gasteiger partial charge in [-0.3, -0.25) is 9.36 Å². The van der Waals surface area contributed by atoms with Crippen molar-refractivity contribution in [3.8, 4) is 6.01 Å². The number of nitrogens with zero attached hydrogens (tertiary/aromatic N) is 2. The molecule has 0 spiro atoms. The third kappa shape index (κ3) is 1.63. The summed E-state index contributed by atoms with van der Waals surface area (Å²) in [5.74, 6) is 0. The van der Waals surface area contributed by atoms with Gasteiger partial charge < -0.3 is 18.9 Å². The Morgan fingerprint density at radius 1 is 1.50 bits per heavy atom. The lowest BCUT2D eigenvalue weighted by Gasteiger charge is -2.19. The van der Waals surface area contributed by atoms with E-state index in [1.54, 1.807) is 25.0 Å². The van der Waals surface area contributed by atoms with Crippen LogP contribution < -0.4 is 10.3 Å². The van der Waals surface area contributed by atoms with E-state index in [9.17, 15) is 4.79 Å². The van der Waals surface area contributed by atoms with Gasteiger partial charge in [-0.2, -0.15) is 4.98 Å². The number of aromatic nitrogens is 2. The van der Waals surface area contributed by atoms with Crippen molar-refractivity contribution >= 4 is 0 Å². The highest BCUT2D eigenvalue weighted by Crippen LogP contribution is 2.39. The fourth-order valence-corrected chi connectivity index (χ4v) is 2.44. The Kier molecular flexibility index (Phi) is 2.81. The molecule has 0 aromatic carbocycles. The normalized spacial score (nSPS) is 33.0. The van der Waals surface area contributed by atoms with Crippen molar-refractivity contribution in [2.45, 2.75) is 24.5 Å². The smallest absolute Gasteiger partial charge is 0.302 e. The van der Waals surface area contributed by atoms with Crippen LogP contribution in [0.25, 0.3) is 0 Å². The van der Waals surface area contributed by atoms with Crippen molar-refractivity contribution in [2.75, 3.05) is 20.8 Å². The molecule has 0 amide bonds. The molecule has 1 aromatic rings. The van der Waals surface area contributed by atoms with Gasteiger partial charge in [0, 0.05) is 26.5 Å². The predicted octanol–water partition coefficient (Wildman–Crippen LogP) is -0.437. The minimum Gasteiger partial charge on any atom is -0.453 e. The van der Waals surface area contributed by atoms with Gasteiger partial charge in [-0.05, 0) is 0 Å². The van der Waals surface area contributed by atoms with Crippen LogP contribution >= 0.6 is 0 Å². The summed E-state index contributed by atoms with van der Waals surface area (Å²) in [4.78, 5) is 15.0. The molecule has 0 aliphatic carbocycles. The van der Waals surface area contributed by atoms with E-state index in [1.165, 1.54) is 6.07 Å². The van der Waals surface area contributed by atoms with E-state index in [-0.39, 0.29) is 36.1 Å². The van der Waals surface area contributed by atoms with E-state index in [0.29, 0.717) is 6.61 Å². The maximum atomic E-state index is 11.2. The molecule has 7 heteroatoms. The minimum absolute atomic E-state index is 0.192. The van der Waals surface area contributed by atoms with Gasteiger partial charge in [0.1, 0.15) is 12.2 Å². The van der Waals surface area contributed by atoms with Crippen molar-refractivity contribution in [1.29, 1.82) is 0 Å². The second-order valence-corrected chi connectivity index (χ2v) is 4.26. The Morgan fingerprint density at radius 3 is 3.06 bits per heavy atom. The molecule has 2 aliphatic heterocycles. The highest BCUT2D eigenvalue weighted by atomic mass is 16.6. The van der Waals surface area contributed by atoms with Gasteiger partial charge in [0.25, 0.3) is 5.56 Å².